The Morgan fingerprint density at radius 1 is 0.833 bits per heavy atom. The summed E-state index contributed by atoms with van der Waals surface area (Å²) in [6, 6.07) is 9.55. The van der Waals surface area contributed by atoms with Crippen molar-refractivity contribution in [2.24, 2.45) is 0 Å². The highest BCUT2D eigenvalue weighted by atomic mass is 35.5. The van der Waals surface area contributed by atoms with Crippen LogP contribution < -0.4 is 18.9 Å². The molecule has 0 atom stereocenters. The second-order valence-electron chi connectivity index (χ2n) is 5.97. The lowest BCUT2D eigenvalue weighted by atomic mass is 10.3. The van der Waals surface area contributed by atoms with Gasteiger partial charge in [-0.2, -0.15) is 0 Å². The van der Waals surface area contributed by atoms with Gasteiger partial charge in [-0.1, -0.05) is 29.3 Å². The Labute approximate surface area is 186 Å². The van der Waals surface area contributed by atoms with Gasteiger partial charge in [0.15, 0.2) is 11.5 Å². The topological polar surface area (TPSA) is 111 Å². The van der Waals surface area contributed by atoms with E-state index in [1.54, 1.807) is 11.4 Å². The quantitative estimate of drug-likeness (QED) is 0.512. The molecule has 3 aromatic rings. The Bertz CT molecular complexity index is 1330. The zero-order chi connectivity index (χ0) is 21.5. The van der Waals surface area contributed by atoms with Crippen molar-refractivity contribution in [2.75, 3.05) is 16.2 Å². The maximum Gasteiger partial charge on any atom is 0.271 e. The van der Waals surface area contributed by atoms with Crippen molar-refractivity contribution in [3.05, 3.63) is 57.9 Å². The van der Waals surface area contributed by atoms with Gasteiger partial charge in [0.2, 0.25) is 6.79 Å². The van der Waals surface area contributed by atoms with E-state index in [1.165, 1.54) is 36.4 Å². The number of sulfonamides is 2. The zero-order valence-corrected chi connectivity index (χ0v) is 18.7. The smallest absolute Gasteiger partial charge is 0.271 e. The largest absolute Gasteiger partial charge is 0.454 e. The standard InChI is InChI=1S/C17H12Cl2N2O6S3/c18-11-7-13(14(8-12(11)19)21-30(24,25)17-2-1-5-28-17)20-29(22,23)10-3-4-15-16(6-10)27-9-26-15/h1-8,20-21H,9H2. The number of anilines is 2. The predicted molar refractivity (Wildman–Crippen MR) is 115 cm³/mol. The number of halogens is 2. The van der Waals surface area contributed by atoms with E-state index in [9.17, 15) is 16.8 Å². The van der Waals surface area contributed by atoms with Crippen LogP contribution in [-0.2, 0) is 20.0 Å². The fraction of sp³-hybridized carbons (Fsp3) is 0.0588. The lowest BCUT2D eigenvalue weighted by Crippen LogP contribution is -2.17. The van der Waals surface area contributed by atoms with Gasteiger partial charge in [-0.15, -0.1) is 11.3 Å². The lowest BCUT2D eigenvalue weighted by molar-refractivity contribution is 0.174. The van der Waals surface area contributed by atoms with Crippen LogP contribution in [-0.4, -0.2) is 23.6 Å². The van der Waals surface area contributed by atoms with Gasteiger partial charge in [-0.05, 0) is 35.7 Å². The van der Waals surface area contributed by atoms with Gasteiger partial charge in [-0.25, -0.2) is 16.8 Å². The summed E-state index contributed by atoms with van der Waals surface area (Å²) in [7, 11) is -8.07. The molecule has 4 rings (SSSR count). The summed E-state index contributed by atoms with van der Waals surface area (Å²) in [5.41, 5.74) is -0.177. The van der Waals surface area contributed by atoms with Crippen LogP contribution in [0, 0.1) is 0 Å². The summed E-state index contributed by atoms with van der Waals surface area (Å²) >= 11 is 13.1. The minimum atomic E-state index is -4.12. The third-order valence-electron chi connectivity index (χ3n) is 3.96. The molecule has 30 heavy (non-hydrogen) atoms. The van der Waals surface area contributed by atoms with Crippen molar-refractivity contribution in [3.63, 3.8) is 0 Å². The molecule has 1 aromatic heterocycles. The van der Waals surface area contributed by atoms with Crippen molar-refractivity contribution in [1.82, 2.24) is 0 Å². The van der Waals surface area contributed by atoms with Crippen molar-refractivity contribution in [3.8, 4) is 11.5 Å². The molecule has 0 unspecified atom stereocenters. The van der Waals surface area contributed by atoms with Crippen molar-refractivity contribution in [2.45, 2.75) is 9.10 Å². The van der Waals surface area contributed by atoms with Gasteiger partial charge in [0, 0.05) is 6.07 Å². The fourth-order valence-electron chi connectivity index (χ4n) is 2.57. The highest BCUT2D eigenvalue weighted by Gasteiger charge is 2.24. The van der Waals surface area contributed by atoms with E-state index < -0.39 is 20.0 Å². The number of thiophene rings is 1. The summed E-state index contributed by atoms with van der Waals surface area (Å²) in [5.74, 6) is 0.707. The van der Waals surface area contributed by atoms with Crippen LogP contribution in [0.5, 0.6) is 11.5 Å². The molecule has 2 N–H and O–H groups in total. The second-order valence-corrected chi connectivity index (χ2v) is 11.3. The fourth-order valence-corrected chi connectivity index (χ4v) is 6.05. The lowest BCUT2D eigenvalue weighted by Gasteiger charge is -2.15. The molecule has 0 aliphatic carbocycles. The highest BCUT2D eigenvalue weighted by Crippen LogP contribution is 2.37. The molecule has 0 fully saturated rings. The van der Waals surface area contributed by atoms with Crippen LogP contribution in [0.15, 0.2) is 56.9 Å². The van der Waals surface area contributed by atoms with Crippen molar-refractivity contribution in [1.29, 1.82) is 0 Å². The molecule has 13 heteroatoms. The molecule has 2 aromatic carbocycles. The van der Waals surface area contributed by atoms with E-state index in [1.807, 2.05) is 0 Å². The number of nitrogens with one attached hydrogen (secondary N) is 2. The zero-order valence-electron chi connectivity index (χ0n) is 14.8. The van der Waals surface area contributed by atoms with Gasteiger partial charge >= 0.3 is 0 Å². The number of ether oxygens (including phenoxy) is 2. The van der Waals surface area contributed by atoms with E-state index in [0.29, 0.717) is 5.75 Å². The maximum atomic E-state index is 12.9. The number of fused-ring (bicyclic) bond motifs is 1. The average Bonchev–Trinajstić information content (AvgIpc) is 3.36. The molecule has 0 saturated heterocycles. The van der Waals surface area contributed by atoms with Gasteiger partial charge in [0.25, 0.3) is 20.0 Å². The molecule has 2 heterocycles. The van der Waals surface area contributed by atoms with E-state index in [-0.39, 0.29) is 43.1 Å². The van der Waals surface area contributed by atoms with Gasteiger partial charge in [0.05, 0.1) is 26.3 Å². The first kappa shape index (κ1) is 21.1. The van der Waals surface area contributed by atoms with Gasteiger partial charge in [-0.3, -0.25) is 9.44 Å². The molecule has 0 saturated carbocycles. The Morgan fingerprint density at radius 3 is 2.10 bits per heavy atom. The molecular weight excluding hydrogens is 495 g/mol. The van der Waals surface area contributed by atoms with Crippen LogP contribution in [0.4, 0.5) is 11.4 Å². The van der Waals surface area contributed by atoms with Crippen LogP contribution in [0.1, 0.15) is 0 Å². The van der Waals surface area contributed by atoms with Crippen molar-refractivity contribution < 1.29 is 26.3 Å². The van der Waals surface area contributed by atoms with Crippen LogP contribution >= 0.6 is 34.5 Å². The molecule has 158 valence electrons. The molecule has 0 amide bonds. The van der Waals surface area contributed by atoms with Crippen LogP contribution in [0.25, 0.3) is 0 Å². The van der Waals surface area contributed by atoms with E-state index in [2.05, 4.69) is 9.44 Å². The van der Waals surface area contributed by atoms with Gasteiger partial charge < -0.3 is 9.47 Å². The first-order chi connectivity index (χ1) is 14.2. The molecule has 1 aliphatic heterocycles. The van der Waals surface area contributed by atoms with Crippen LogP contribution in [0.2, 0.25) is 10.0 Å². The number of rotatable bonds is 6. The summed E-state index contributed by atoms with van der Waals surface area (Å²) in [6.45, 7) is -0.00625. The van der Waals surface area contributed by atoms with E-state index in [0.717, 1.165) is 11.3 Å². The molecule has 1 aliphatic rings. The minimum Gasteiger partial charge on any atom is -0.454 e. The van der Waals surface area contributed by atoms with Crippen molar-refractivity contribution >= 4 is 66.0 Å². The average molecular weight is 507 g/mol. The van der Waals surface area contributed by atoms with E-state index >= 15 is 0 Å². The Morgan fingerprint density at radius 2 is 1.47 bits per heavy atom. The molecule has 8 nitrogen and oxygen atoms in total. The molecule has 0 radical (unpaired) electrons. The maximum absolute atomic E-state index is 12.9. The molecule has 0 bridgehead atoms. The molecule has 0 spiro atoms. The second kappa shape index (κ2) is 7.82. The van der Waals surface area contributed by atoms with Gasteiger partial charge in [0.1, 0.15) is 4.21 Å². The Balaban J connectivity index is 1.71. The monoisotopic (exact) mass is 506 g/mol. The summed E-state index contributed by atoms with van der Waals surface area (Å²) in [6.07, 6.45) is 0. The highest BCUT2D eigenvalue weighted by molar-refractivity contribution is 7.94. The number of hydrogen-bond acceptors (Lipinski definition) is 7. The summed E-state index contributed by atoms with van der Waals surface area (Å²) in [5, 5.41) is 1.69. The summed E-state index contributed by atoms with van der Waals surface area (Å²) in [4.78, 5) is -0.107. The Kier molecular flexibility index (Phi) is 5.49. The first-order valence-corrected chi connectivity index (χ1v) is 12.7. The Hall–Kier alpha value is -2.18. The van der Waals surface area contributed by atoms with E-state index in [4.69, 9.17) is 32.7 Å². The summed E-state index contributed by atoms with van der Waals surface area (Å²) < 4.78 is 66.1. The third-order valence-corrected chi connectivity index (χ3v) is 8.81. The first-order valence-electron chi connectivity index (χ1n) is 8.13. The number of benzene rings is 2. The number of hydrogen-bond donors (Lipinski definition) is 2. The predicted octanol–water partition coefficient (Wildman–Crippen LogP) is 4.39. The van der Waals surface area contributed by atoms with Crippen LogP contribution in [0.3, 0.4) is 0 Å². The SMILES string of the molecule is O=S(=O)(Nc1cc(Cl)c(Cl)cc1NS(=O)(=O)c1cccs1)c1ccc2c(c1)OCO2. The normalized spacial score (nSPS) is 13.3. The minimum absolute atomic E-state index is 0.00625. The molecular formula is C17H12Cl2N2O6S3. The third kappa shape index (κ3) is 4.16.